The Hall–Kier alpha value is -3.93. The summed E-state index contributed by atoms with van der Waals surface area (Å²) < 4.78 is 11.0. The van der Waals surface area contributed by atoms with Gasteiger partial charge in [-0.3, -0.25) is 4.79 Å². The molecule has 1 amide bonds. The van der Waals surface area contributed by atoms with Crippen molar-refractivity contribution >= 4 is 23.5 Å². The van der Waals surface area contributed by atoms with Crippen LogP contribution in [0.4, 0.5) is 5.69 Å². The van der Waals surface area contributed by atoms with Crippen molar-refractivity contribution in [3.05, 3.63) is 95.1 Å². The molecule has 6 heteroatoms. The predicted molar refractivity (Wildman–Crippen MR) is 110 cm³/mol. The molecule has 1 aliphatic rings. The minimum Gasteiger partial charge on any atom is -0.454 e. The molecule has 0 radical (unpaired) electrons. The molecule has 0 saturated heterocycles. The molecule has 3 aromatic carbocycles. The third-order valence-corrected chi connectivity index (χ3v) is 4.77. The number of cyclic esters (lactones) is 1. The highest BCUT2D eigenvalue weighted by Gasteiger charge is 2.28. The zero-order valence-corrected chi connectivity index (χ0v) is 16.3. The van der Waals surface area contributed by atoms with E-state index in [0.717, 1.165) is 11.1 Å². The van der Waals surface area contributed by atoms with Crippen LogP contribution in [-0.2, 0) is 16.0 Å². The summed E-state index contributed by atoms with van der Waals surface area (Å²) in [5.41, 5.74) is 3.07. The van der Waals surface area contributed by atoms with Gasteiger partial charge in [0, 0.05) is 19.0 Å². The summed E-state index contributed by atoms with van der Waals surface area (Å²) in [5, 5.41) is 2.65. The lowest BCUT2D eigenvalue weighted by Gasteiger charge is -2.25. The third-order valence-electron chi connectivity index (χ3n) is 4.77. The summed E-state index contributed by atoms with van der Waals surface area (Å²) in [6.45, 7) is 1.42. The molecule has 0 bridgehead atoms. The fraction of sp³-hybridized carbons (Fsp3) is 0.125. The van der Waals surface area contributed by atoms with Crippen LogP contribution in [0, 0.1) is 0 Å². The van der Waals surface area contributed by atoms with Crippen LogP contribution >= 0.6 is 0 Å². The number of fused-ring (bicyclic) bond motifs is 1. The van der Waals surface area contributed by atoms with Gasteiger partial charge in [-0.05, 0) is 53.6 Å². The van der Waals surface area contributed by atoms with Crippen LogP contribution in [0.25, 0.3) is 0 Å². The monoisotopic (exact) mass is 401 g/mol. The molecule has 3 aromatic rings. The largest absolute Gasteiger partial charge is 0.454 e. The van der Waals surface area contributed by atoms with Gasteiger partial charge in [0.2, 0.25) is 5.91 Å². The Kier molecular flexibility index (Phi) is 5.30. The highest BCUT2D eigenvalue weighted by Crippen LogP contribution is 2.31. The van der Waals surface area contributed by atoms with Gasteiger partial charge in [-0.15, -0.1) is 0 Å². The topological polar surface area (TPSA) is 81.7 Å². The van der Waals surface area contributed by atoms with E-state index in [1.54, 1.807) is 42.5 Å². The normalized spacial score (nSPS) is 15.0. The molecule has 1 N–H and O–H groups in total. The molecule has 0 saturated carbocycles. The van der Waals surface area contributed by atoms with Crippen molar-refractivity contribution < 1.29 is 23.9 Å². The van der Waals surface area contributed by atoms with Gasteiger partial charge in [0.15, 0.2) is 0 Å². The van der Waals surface area contributed by atoms with E-state index in [1.807, 2.05) is 30.3 Å². The molecule has 0 spiro atoms. The van der Waals surface area contributed by atoms with Gasteiger partial charge in [-0.1, -0.05) is 30.3 Å². The van der Waals surface area contributed by atoms with E-state index in [-0.39, 0.29) is 5.91 Å². The number of esters is 2. The molecule has 6 nitrogen and oxygen atoms in total. The first-order valence-electron chi connectivity index (χ1n) is 9.48. The number of ether oxygens (including phenoxy) is 2. The van der Waals surface area contributed by atoms with Gasteiger partial charge in [-0.2, -0.15) is 0 Å². The van der Waals surface area contributed by atoms with Crippen molar-refractivity contribution in [2.75, 3.05) is 5.32 Å². The summed E-state index contributed by atoms with van der Waals surface area (Å²) in [5.74, 6) is -0.756. The molecule has 0 fully saturated rings. The van der Waals surface area contributed by atoms with Crippen LogP contribution in [0.15, 0.2) is 72.8 Å². The second kappa shape index (κ2) is 8.21. The number of rotatable bonds is 4. The summed E-state index contributed by atoms with van der Waals surface area (Å²) in [6.07, 6.45) is 0.0937. The maximum absolute atomic E-state index is 12.6. The maximum Gasteiger partial charge on any atom is 0.343 e. The van der Waals surface area contributed by atoms with Crippen molar-refractivity contribution in [1.29, 1.82) is 0 Å². The van der Waals surface area contributed by atoms with E-state index in [0.29, 0.717) is 29.0 Å². The second-order valence-electron chi connectivity index (χ2n) is 6.98. The van der Waals surface area contributed by atoms with Crippen molar-refractivity contribution in [2.24, 2.45) is 0 Å². The Morgan fingerprint density at radius 3 is 2.43 bits per heavy atom. The number of benzene rings is 3. The highest BCUT2D eigenvalue weighted by molar-refractivity contribution is 5.96. The molecule has 4 rings (SSSR count). The summed E-state index contributed by atoms with van der Waals surface area (Å²) in [7, 11) is 0. The summed E-state index contributed by atoms with van der Waals surface area (Å²) in [4.78, 5) is 36.1. The quantitative estimate of drug-likeness (QED) is 0.520. The van der Waals surface area contributed by atoms with Gasteiger partial charge >= 0.3 is 11.9 Å². The maximum atomic E-state index is 12.6. The Morgan fingerprint density at radius 2 is 1.73 bits per heavy atom. The number of nitrogens with one attached hydrogen (secondary N) is 1. The van der Waals surface area contributed by atoms with Crippen molar-refractivity contribution in [2.45, 2.75) is 19.4 Å². The van der Waals surface area contributed by atoms with Gasteiger partial charge in [0.05, 0.1) is 11.1 Å². The van der Waals surface area contributed by atoms with Gasteiger partial charge in [0.1, 0.15) is 11.9 Å². The van der Waals surface area contributed by atoms with E-state index in [2.05, 4.69) is 5.32 Å². The van der Waals surface area contributed by atoms with E-state index >= 15 is 0 Å². The van der Waals surface area contributed by atoms with Crippen molar-refractivity contribution in [3.63, 3.8) is 0 Å². The Labute approximate surface area is 173 Å². The Bertz CT molecular complexity index is 1110. The SMILES string of the molecule is CC(=O)Nc1ccc(OC(=O)c2ccc3c(c2)C[C@H](c2ccccc2)OC3=O)cc1. The standard InChI is InChI=1S/C24H19NO5/c1-15(26)25-19-8-10-20(11-9-19)29-23(27)17-7-12-21-18(13-17)14-22(30-24(21)28)16-5-3-2-4-6-16/h2-13,22H,14H2,1H3,(H,25,26)/t22-/m1/s1. The van der Waals surface area contributed by atoms with Crippen LogP contribution in [0.5, 0.6) is 5.75 Å². The fourth-order valence-corrected chi connectivity index (χ4v) is 3.35. The molecule has 0 unspecified atom stereocenters. The number of carbonyl (C=O) groups excluding carboxylic acids is 3. The first-order chi connectivity index (χ1) is 14.5. The lowest BCUT2D eigenvalue weighted by atomic mass is 9.93. The summed E-state index contributed by atoms with van der Waals surface area (Å²) >= 11 is 0. The van der Waals surface area contributed by atoms with Crippen LogP contribution in [-0.4, -0.2) is 17.8 Å². The first kappa shape index (κ1) is 19.4. The molecule has 0 aliphatic carbocycles. The zero-order chi connectivity index (χ0) is 21.1. The van der Waals surface area contributed by atoms with Gasteiger partial charge < -0.3 is 14.8 Å². The number of amides is 1. The molecule has 1 aliphatic heterocycles. The highest BCUT2D eigenvalue weighted by atomic mass is 16.5. The second-order valence-corrected chi connectivity index (χ2v) is 6.98. The number of carbonyl (C=O) groups is 3. The lowest BCUT2D eigenvalue weighted by molar-refractivity contribution is -0.114. The molecular formula is C24H19NO5. The minimum atomic E-state index is -0.528. The molecule has 0 aromatic heterocycles. The van der Waals surface area contributed by atoms with E-state index in [4.69, 9.17) is 9.47 Å². The number of anilines is 1. The summed E-state index contributed by atoms with van der Waals surface area (Å²) in [6, 6.07) is 20.8. The first-order valence-corrected chi connectivity index (χ1v) is 9.48. The molecule has 1 heterocycles. The Balaban J connectivity index is 1.51. The third kappa shape index (κ3) is 4.22. The Morgan fingerprint density at radius 1 is 1.00 bits per heavy atom. The van der Waals surface area contributed by atoms with E-state index in [1.165, 1.54) is 6.92 Å². The number of hydrogen-bond donors (Lipinski definition) is 1. The van der Waals surface area contributed by atoms with Crippen LogP contribution < -0.4 is 10.1 Å². The smallest absolute Gasteiger partial charge is 0.343 e. The van der Waals surface area contributed by atoms with E-state index < -0.39 is 18.0 Å². The molecule has 150 valence electrons. The average molecular weight is 401 g/mol. The lowest BCUT2D eigenvalue weighted by Crippen LogP contribution is -2.22. The minimum absolute atomic E-state index is 0.180. The van der Waals surface area contributed by atoms with Crippen LogP contribution in [0.2, 0.25) is 0 Å². The van der Waals surface area contributed by atoms with Gasteiger partial charge in [-0.25, -0.2) is 9.59 Å². The molecule has 1 atom stereocenters. The molecule has 30 heavy (non-hydrogen) atoms. The average Bonchev–Trinajstić information content (AvgIpc) is 2.75. The van der Waals surface area contributed by atoms with E-state index in [9.17, 15) is 14.4 Å². The molecular weight excluding hydrogens is 382 g/mol. The van der Waals surface area contributed by atoms with Crippen LogP contribution in [0.1, 0.15) is 44.9 Å². The predicted octanol–water partition coefficient (Wildman–Crippen LogP) is 4.32. The fourth-order valence-electron chi connectivity index (χ4n) is 3.35. The zero-order valence-electron chi connectivity index (χ0n) is 16.3. The van der Waals surface area contributed by atoms with Crippen LogP contribution in [0.3, 0.4) is 0 Å². The number of hydrogen-bond acceptors (Lipinski definition) is 5. The van der Waals surface area contributed by atoms with Crippen molar-refractivity contribution in [3.8, 4) is 5.75 Å². The van der Waals surface area contributed by atoms with Gasteiger partial charge in [0.25, 0.3) is 0 Å². The van der Waals surface area contributed by atoms with Crippen molar-refractivity contribution in [1.82, 2.24) is 0 Å².